The molecule has 0 aliphatic rings. The number of carbonyl (C=O) groups excluding carboxylic acids is 1. The van der Waals surface area contributed by atoms with Crippen LogP contribution in [0.1, 0.15) is 15.9 Å². The highest BCUT2D eigenvalue weighted by Crippen LogP contribution is 2.24. The summed E-state index contributed by atoms with van der Waals surface area (Å²) in [5, 5.41) is 0.558. The van der Waals surface area contributed by atoms with E-state index in [1.165, 1.54) is 7.11 Å². The molecule has 19 heavy (non-hydrogen) atoms. The Kier molecular flexibility index (Phi) is 4.82. The zero-order chi connectivity index (χ0) is 13.8. The summed E-state index contributed by atoms with van der Waals surface area (Å²) in [5.74, 6) is 0.540. The molecule has 98 valence electrons. The topological polar surface area (TPSA) is 26.3 Å². The zero-order valence-electron chi connectivity index (χ0n) is 10.3. The van der Waals surface area contributed by atoms with Gasteiger partial charge < -0.3 is 4.74 Å². The summed E-state index contributed by atoms with van der Waals surface area (Å²) in [5.41, 5.74) is 1.55. The van der Waals surface area contributed by atoms with E-state index in [0.717, 1.165) is 9.13 Å². The molecule has 0 radical (unpaired) electrons. The van der Waals surface area contributed by atoms with Crippen molar-refractivity contribution in [3.63, 3.8) is 0 Å². The predicted molar refractivity (Wildman–Crippen MR) is 85.2 cm³/mol. The summed E-state index contributed by atoms with van der Waals surface area (Å²) in [4.78, 5) is 12.3. The van der Waals surface area contributed by atoms with Gasteiger partial charge >= 0.3 is 0 Å². The van der Waals surface area contributed by atoms with E-state index in [1.807, 2.05) is 24.3 Å². The number of halogens is 2. The minimum atomic E-state index is 0.0229. The number of Topliss-reactive ketones (excluding diaryl/α,β-unsaturated/α-hetero) is 1. The van der Waals surface area contributed by atoms with Gasteiger partial charge in [0.2, 0.25) is 0 Å². The first kappa shape index (κ1) is 14.3. The lowest BCUT2D eigenvalue weighted by molar-refractivity contribution is 0.0990. The van der Waals surface area contributed by atoms with Crippen molar-refractivity contribution in [1.29, 1.82) is 0 Å². The molecule has 2 nitrogen and oxygen atoms in total. The molecule has 0 bridgehead atoms. The van der Waals surface area contributed by atoms with E-state index in [1.54, 1.807) is 18.2 Å². The Bertz CT molecular complexity index is 594. The maximum absolute atomic E-state index is 12.3. The molecule has 0 atom stereocenters. The second kappa shape index (κ2) is 6.39. The van der Waals surface area contributed by atoms with Gasteiger partial charge in [0.05, 0.1) is 12.7 Å². The Hall–Kier alpha value is -1.07. The van der Waals surface area contributed by atoms with Gasteiger partial charge in [-0.25, -0.2) is 0 Å². The van der Waals surface area contributed by atoms with Crippen LogP contribution >= 0.6 is 34.2 Å². The van der Waals surface area contributed by atoms with Gasteiger partial charge in [-0.2, -0.15) is 0 Å². The highest BCUT2D eigenvalue weighted by molar-refractivity contribution is 14.1. The number of hydrogen-bond donors (Lipinski definition) is 0. The maximum Gasteiger partial charge on any atom is 0.170 e. The van der Waals surface area contributed by atoms with E-state index in [4.69, 9.17) is 16.3 Å². The highest BCUT2D eigenvalue weighted by atomic mass is 127. The minimum absolute atomic E-state index is 0.0229. The highest BCUT2D eigenvalue weighted by Gasteiger charge is 2.13. The van der Waals surface area contributed by atoms with Crippen LogP contribution in [0, 0.1) is 3.57 Å². The fourth-order valence-corrected chi connectivity index (χ4v) is 2.30. The molecule has 0 spiro atoms. The summed E-state index contributed by atoms with van der Waals surface area (Å²) in [7, 11) is 1.54. The average Bonchev–Trinajstić information content (AvgIpc) is 2.41. The number of ketones is 1. The smallest absolute Gasteiger partial charge is 0.170 e. The molecule has 0 unspecified atom stereocenters. The van der Waals surface area contributed by atoms with Crippen LogP contribution in [0.4, 0.5) is 0 Å². The van der Waals surface area contributed by atoms with E-state index in [2.05, 4.69) is 22.6 Å². The first-order valence-electron chi connectivity index (χ1n) is 5.71. The van der Waals surface area contributed by atoms with Crippen molar-refractivity contribution in [2.75, 3.05) is 7.11 Å². The Balaban J connectivity index is 2.22. The third-order valence-corrected chi connectivity index (χ3v) is 3.70. The predicted octanol–water partition coefficient (Wildman–Crippen LogP) is 4.38. The van der Waals surface area contributed by atoms with Crippen molar-refractivity contribution in [2.24, 2.45) is 0 Å². The van der Waals surface area contributed by atoms with Gasteiger partial charge in [-0.1, -0.05) is 23.7 Å². The van der Waals surface area contributed by atoms with Crippen molar-refractivity contribution in [2.45, 2.75) is 6.42 Å². The number of carbonyl (C=O) groups is 1. The van der Waals surface area contributed by atoms with Crippen molar-refractivity contribution in [3.8, 4) is 5.75 Å². The molecule has 0 fully saturated rings. The van der Waals surface area contributed by atoms with Crippen molar-refractivity contribution < 1.29 is 9.53 Å². The normalized spacial score (nSPS) is 10.3. The van der Waals surface area contributed by atoms with Gasteiger partial charge in [0, 0.05) is 15.0 Å². The van der Waals surface area contributed by atoms with Crippen LogP contribution < -0.4 is 4.74 Å². The Labute approximate surface area is 130 Å². The number of rotatable bonds is 4. The molecule has 0 N–H and O–H groups in total. The van der Waals surface area contributed by atoms with Crippen LogP contribution in [0.25, 0.3) is 0 Å². The van der Waals surface area contributed by atoms with Gasteiger partial charge in [-0.3, -0.25) is 4.79 Å². The van der Waals surface area contributed by atoms with Crippen LogP contribution in [0.2, 0.25) is 5.02 Å². The van der Waals surface area contributed by atoms with Crippen molar-refractivity contribution in [3.05, 3.63) is 62.2 Å². The molecular weight excluding hydrogens is 375 g/mol. The van der Waals surface area contributed by atoms with Crippen LogP contribution in [0.15, 0.2) is 42.5 Å². The first-order chi connectivity index (χ1) is 9.10. The second-order valence-electron chi connectivity index (χ2n) is 4.07. The zero-order valence-corrected chi connectivity index (χ0v) is 13.2. The second-order valence-corrected chi connectivity index (χ2v) is 5.75. The Morgan fingerprint density at radius 3 is 2.53 bits per heavy atom. The van der Waals surface area contributed by atoms with E-state index in [9.17, 15) is 4.79 Å². The SMILES string of the molecule is COc1cc(Cl)ccc1C(=O)Cc1ccc(I)cc1. The first-order valence-corrected chi connectivity index (χ1v) is 7.17. The molecule has 4 heteroatoms. The molecule has 2 rings (SSSR count). The van der Waals surface area contributed by atoms with Crippen LogP contribution in [-0.4, -0.2) is 12.9 Å². The summed E-state index contributed by atoms with van der Waals surface area (Å²) in [6.07, 6.45) is 0.356. The Morgan fingerprint density at radius 1 is 1.21 bits per heavy atom. The van der Waals surface area contributed by atoms with Crippen molar-refractivity contribution >= 4 is 40.0 Å². The molecule has 2 aromatic carbocycles. The summed E-state index contributed by atoms with van der Waals surface area (Å²) >= 11 is 8.12. The molecule has 0 saturated carbocycles. The average molecular weight is 387 g/mol. The monoisotopic (exact) mass is 386 g/mol. The number of methoxy groups -OCH3 is 1. The maximum atomic E-state index is 12.3. The number of hydrogen-bond acceptors (Lipinski definition) is 2. The van der Waals surface area contributed by atoms with E-state index < -0.39 is 0 Å². The van der Waals surface area contributed by atoms with Gasteiger partial charge in [-0.15, -0.1) is 0 Å². The minimum Gasteiger partial charge on any atom is -0.496 e. The van der Waals surface area contributed by atoms with E-state index >= 15 is 0 Å². The number of ether oxygens (including phenoxy) is 1. The van der Waals surface area contributed by atoms with Gasteiger partial charge in [0.15, 0.2) is 5.78 Å². The molecular formula is C15H12ClIO2. The van der Waals surface area contributed by atoms with E-state index in [0.29, 0.717) is 22.8 Å². The van der Waals surface area contributed by atoms with Crippen LogP contribution in [0.3, 0.4) is 0 Å². The van der Waals surface area contributed by atoms with E-state index in [-0.39, 0.29) is 5.78 Å². The lowest BCUT2D eigenvalue weighted by atomic mass is 10.0. The van der Waals surface area contributed by atoms with Crippen molar-refractivity contribution in [1.82, 2.24) is 0 Å². The molecule has 0 aliphatic carbocycles. The molecule has 0 amide bonds. The molecule has 2 aromatic rings. The molecule has 0 aromatic heterocycles. The van der Waals surface area contributed by atoms with Crippen LogP contribution in [-0.2, 0) is 6.42 Å². The molecule has 0 aliphatic heterocycles. The lowest BCUT2D eigenvalue weighted by Crippen LogP contribution is -2.05. The summed E-state index contributed by atoms with van der Waals surface area (Å²) in [6.45, 7) is 0. The van der Waals surface area contributed by atoms with Gasteiger partial charge in [0.25, 0.3) is 0 Å². The molecule has 0 heterocycles. The quantitative estimate of drug-likeness (QED) is 0.576. The fourth-order valence-electron chi connectivity index (χ4n) is 1.78. The number of benzene rings is 2. The largest absolute Gasteiger partial charge is 0.496 e. The third kappa shape index (κ3) is 3.70. The fraction of sp³-hybridized carbons (Fsp3) is 0.133. The summed E-state index contributed by atoms with van der Waals surface area (Å²) in [6, 6.07) is 13.0. The lowest BCUT2D eigenvalue weighted by Gasteiger charge is -2.08. The standard InChI is InChI=1S/C15H12ClIO2/c1-19-15-9-11(16)4-7-13(15)14(18)8-10-2-5-12(17)6-3-10/h2-7,9H,8H2,1H3. The summed E-state index contributed by atoms with van der Waals surface area (Å²) < 4.78 is 6.35. The van der Waals surface area contributed by atoms with Gasteiger partial charge in [-0.05, 0) is 58.5 Å². The Morgan fingerprint density at radius 2 is 1.89 bits per heavy atom. The van der Waals surface area contributed by atoms with Crippen LogP contribution in [0.5, 0.6) is 5.75 Å². The molecule has 0 saturated heterocycles. The van der Waals surface area contributed by atoms with Gasteiger partial charge in [0.1, 0.15) is 5.75 Å². The third-order valence-electron chi connectivity index (χ3n) is 2.74.